The van der Waals surface area contributed by atoms with Gasteiger partial charge in [-0.05, 0) is 23.1 Å². The minimum absolute atomic E-state index is 0.648. The number of ether oxygens (including phenoxy) is 1. The average molecular weight is 238 g/mol. The van der Waals surface area contributed by atoms with Crippen molar-refractivity contribution in [2.24, 2.45) is 0 Å². The van der Waals surface area contributed by atoms with Gasteiger partial charge in [0.05, 0.1) is 13.2 Å². The Bertz CT molecular complexity index is 488. The van der Waals surface area contributed by atoms with E-state index >= 15 is 0 Å². The summed E-state index contributed by atoms with van der Waals surface area (Å²) in [5.41, 5.74) is 3.66. The summed E-state index contributed by atoms with van der Waals surface area (Å²) in [6, 6.07) is 18.6. The zero-order valence-electron chi connectivity index (χ0n) is 10.5. The van der Waals surface area contributed by atoms with Gasteiger partial charge in [0, 0.05) is 0 Å². The second-order valence-corrected chi connectivity index (χ2v) is 4.19. The van der Waals surface area contributed by atoms with Crippen molar-refractivity contribution in [2.45, 2.75) is 13.0 Å². The molecule has 0 aliphatic rings. The van der Waals surface area contributed by atoms with Crippen molar-refractivity contribution in [3.8, 4) is 0 Å². The van der Waals surface area contributed by atoms with Crippen LogP contribution in [0.3, 0.4) is 0 Å². The van der Waals surface area contributed by atoms with E-state index in [-0.39, 0.29) is 0 Å². The standard InChI is InChI=1S/C17H18O/c1-2-16-10-6-7-11-17(16)14-18-13-12-15-8-4-3-5-9-15/h2-11H,1,12-14H2. The molecule has 0 aliphatic carbocycles. The van der Waals surface area contributed by atoms with Crippen LogP contribution >= 0.6 is 0 Å². The van der Waals surface area contributed by atoms with Crippen LogP contribution in [-0.2, 0) is 17.8 Å². The Morgan fingerprint density at radius 1 is 0.944 bits per heavy atom. The maximum atomic E-state index is 5.72. The molecule has 0 fully saturated rings. The molecule has 2 aromatic carbocycles. The van der Waals surface area contributed by atoms with Crippen molar-refractivity contribution in [3.05, 3.63) is 77.9 Å². The number of benzene rings is 2. The maximum absolute atomic E-state index is 5.72. The Labute approximate surface area is 109 Å². The summed E-state index contributed by atoms with van der Waals surface area (Å²) in [5.74, 6) is 0. The zero-order valence-corrected chi connectivity index (χ0v) is 10.5. The van der Waals surface area contributed by atoms with E-state index < -0.39 is 0 Å². The van der Waals surface area contributed by atoms with Gasteiger partial charge in [0.2, 0.25) is 0 Å². The molecule has 18 heavy (non-hydrogen) atoms. The van der Waals surface area contributed by atoms with Gasteiger partial charge < -0.3 is 4.74 Å². The smallest absolute Gasteiger partial charge is 0.0722 e. The molecule has 2 aromatic rings. The highest BCUT2D eigenvalue weighted by Crippen LogP contribution is 2.11. The van der Waals surface area contributed by atoms with E-state index in [1.54, 1.807) is 0 Å². The normalized spacial score (nSPS) is 10.2. The lowest BCUT2D eigenvalue weighted by Crippen LogP contribution is -2.00. The van der Waals surface area contributed by atoms with Crippen LogP contribution in [0.4, 0.5) is 0 Å². The minimum atomic E-state index is 0.648. The summed E-state index contributed by atoms with van der Waals surface area (Å²) in [4.78, 5) is 0. The van der Waals surface area contributed by atoms with Crippen molar-refractivity contribution < 1.29 is 4.74 Å². The third kappa shape index (κ3) is 3.57. The van der Waals surface area contributed by atoms with Crippen LogP contribution in [0.1, 0.15) is 16.7 Å². The summed E-state index contributed by atoms with van der Waals surface area (Å²) >= 11 is 0. The lowest BCUT2D eigenvalue weighted by atomic mass is 10.1. The van der Waals surface area contributed by atoms with Gasteiger partial charge in [-0.15, -0.1) is 0 Å². The van der Waals surface area contributed by atoms with Crippen LogP contribution in [0.15, 0.2) is 61.2 Å². The molecule has 0 radical (unpaired) electrons. The molecule has 1 nitrogen and oxygen atoms in total. The summed E-state index contributed by atoms with van der Waals surface area (Å²) in [6.07, 6.45) is 2.83. The lowest BCUT2D eigenvalue weighted by molar-refractivity contribution is 0.123. The Hall–Kier alpha value is -1.86. The highest BCUT2D eigenvalue weighted by atomic mass is 16.5. The first-order valence-electron chi connectivity index (χ1n) is 6.22. The molecular formula is C17H18O. The van der Waals surface area contributed by atoms with E-state index in [1.807, 2.05) is 24.3 Å². The minimum Gasteiger partial charge on any atom is -0.376 e. The highest BCUT2D eigenvalue weighted by Gasteiger charge is 1.98. The van der Waals surface area contributed by atoms with Crippen LogP contribution in [0.5, 0.6) is 0 Å². The second kappa shape index (κ2) is 6.77. The molecule has 2 rings (SSSR count). The van der Waals surface area contributed by atoms with Crippen LogP contribution in [0.25, 0.3) is 6.08 Å². The monoisotopic (exact) mass is 238 g/mol. The SMILES string of the molecule is C=Cc1ccccc1COCCc1ccccc1. The van der Waals surface area contributed by atoms with Crippen LogP contribution in [0, 0.1) is 0 Å². The first kappa shape index (κ1) is 12.6. The molecular weight excluding hydrogens is 220 g/mol. The van der Waals surface area contributed by atoms with Gasteiger partial charge in [0.1, 0.15) is 0 Å². The average Bonchev–Trinajstić information content (AvgIpc) is 2.45. The first-order chi connectivity index (χ1) is 8.90. The van der Waals surface area contributed by atoms with E-state index in [1.165, 1.54) is 11.1 Å². The largest absolute Gasteiger partial charge is 0.376 e. The highest BCUT2D eigenvalue weighted by molar-refractivity contribution is 5.51. The fraction of sp³-hybridized carbons (Fsp3) is 0.176. The van der Waals surface area contributed by atoms with Crippen LogP contribution in [0.2, 0.25) is 0 Å². The molecule has 0 N–H and O–H groups in total. The van der Waals surface area contributed by atoms with Crippen molar-refractivity contribution in [1.29, 1.82) is 0 Å². The summed E-state index contributed by atoms with van der Waals surface area (Å²) < 4.78 is 5.72. The van der Waals surface area contributed by atoms with Crippen LogP contribution < -0.4 is 0 Å². The topological polar surface area (TPSA) is 9.23 Å². The molecule has 0 bridgehead atoms. The zero-order chi connectivity index (χ0) is 12.6. The van der Waals surface area contributed by atoms with Gasteiger partial charge in [-0.1, -0.05) is 67.3 Å². The second-order valence-electron chi connectivity index (χ2n) is 4.19. The van der Waals surface area contributed by atoms with E-state index in [4.69, 9.17) is 4.74 Å². The quantitative estimate of drug-likeness (QED) is 0.689. The summed E-state index contributed by atoms with van der Waals surface area (Å²) in [7, 11) is 0. The molecule has 92 valence electrons. The predicted octanol–water partition coefficient (Wildman–Crippen LogP) is 4.09. The van der Waals surface area contributed by atoms with E-state index in [0.29, 0.717) is 6.61 Å². The molecule has 0 heterocycles. The number of rotatable bonds is 6. The molecule has 0 spiro atoms. The van der Waals surface area contributed by atoms with E-state index in [9.17, 15) is 0 Å². The fourth-order valence-electron chi connectivity index (χ4n) is 1.88. The Kier molecular flexibility index (Phi) is 4.74. The molecule has 0 saturated heterocycles. The predicted molar refractivity (Wildman–Crippen MR) is 76.3 cm³/mol. The van der Waals surface area contributed by atoms with Gasteiger partial charge in [-0.2, -0.15) is 0 Å². The van der Waals surface area contributed by atoms with Gasteiger partial charge in [0.15, 0.2) is 0 Å². The Morgan fingerprint density at radius 3 is 2.44 bits per heavy atom. The van der Waals surface area contributed by atoms with Gasteiger partial charge in [-0.3, -0.25) is 0 Å². The molecule has 0 aliphatic heterocycles. The Balaban J connectivity index is 1.80. The number of hydrogen-bond donors (Lipinski definition) is 0. The van der Waals surface area contributed by atoms with Crippen molar-refractivity contribution >= 4 is 6.08 Å². The van der Waals surface area contributed by atoms with Crippen molar-refractivity contribution in [3.63, 3.8) is 0 Å². The summed E-state index contributed by atoms with van der Waals surface area (Å²) in [5, 5.41) is 0. The molecule has 0 saturated carbocycles. The third-order valence-electron chi connectivity index (χ3n) is 2.91. The molecule has 0 unspecified atom stereocenters. The third-order valence-corrected chi connectivity index (χ3v) is 2.91. The van der Waals surface area contributed by atoms with E-state index in [0.717, 1.165) is 18.6 Å². The lowest BCUT2D eigenvalue weighted by Gasteiger charge is -2.07. The van der Waals surface area contributed by atoms with Gasteiger partial charge in [0.25, 0.3) is 0 Å². The Morgan fingerprint density at radius 2 is 1.67 bits per heavy atom. The van der Waals surface area contributed by atoms with Crippen molar-refractivity contribution in [2.75, 3.05) is 6.61 Å². The maximum Gasteiger partial charge on any atom is 0.0722 e. The molecule has 0 amide bonds. The molecule has 0 atom stereocenters. The fourth-order valence-corrected chi connectivity index (χ4v) is 1.88. The van der Waals surface area contributed by atoms with E-state index in [2.05, 4.69) is 43.0 Å². The van der Waals surface area contributed by atoms with Crippen LogP contribution in [-0.4, -0.2) is 6.61 Å². The first-order valence-corrected chi connectivity index (χ1v) is 6.22. The number of hydrogen-bond acceptors (Lipinski definition) is 1. The summed E-state index contributed by atoms with van der Waals surface area (Å²) in [6.45, 7) is 5.21. The van der Waals surface area contributed by atoms with Gasteiger partial charge in [-0.25, -0.2) is 0 Å². The molecule has 0 aromatic heterocycles. The molecule has 1 heteroatoms. The van der Waals surface area contributed by atoms with Crippen molar-refractivity contribution in [1.82, 2.24) is 0 Å². The van der Waals surface area contributed by atoms with Gasteiger partial charge >= 0.3 is 0 Å².